The lowest BCUT2D eigenvalue weighted by atomic mass is 9.51. The second kappa shape index (κ2) is 14.8. The number of piperidine rings is 1. The van der Waals surface area contributed by atoms with Crippen LogP contribution in [0.25, 0.3) is 0 Å². The number of hydrogen-bond acceptors (Lipinski definition) is 7. The molecule has 0 aromatic heterocycles. The summed E-state index contributed by atoms with van der Waals surface area (Å²) in [6.45, 7) is 3.95. The van der Waals surface area contributed by atoms with Crippen LogP contribution in [0.4, 0.5) is 0 Å². The molecule has 1 amide bonds. The molecule has 52 heavy (non-hydrogen) atoms. The van der Waals surface area contributed by atoms with Crippen LogP contribution < -0.4 is 9.47 Å². The molecule has 3 aliphatic carbocycles. The molecule has 1 saturated heterocycles. The molecule has 8 heteroatoms. The summed E-state index contributed by atoms with van der Waals surface area (Å²) in [5, 5.41) is 10.2. The fraction of sp³-hybridized carbons (Fsp3) is 0.523. The fourth-order valence-corrected chi connectivity index (χ4v) is 10.3. The quantitative estimate of drug-likeness (QED) is 0.0815. The summed E-state index contributed by atoms with van der Waals surface area (Å²) in [6.07, 6.45) is 9.18. The highest BCUT2D eigenvalue weighted by Crippen LogP contribution is 2.64. The lowest BCUT2D eigenvalue weighted by molar-refractivity contribution is -0.143. The van der Waals surface area contributed by atoms with E-state index in [1.165, 1.54) is 23.6 Å². The Kier molecular flexibility index (Phi) is 9.96. The zero-order valence-electron chi connectivity index (χ0n) is 30.4. The van der Waals surface area contributed by atoms with E-state index < -0.39 is 0 Å². The summed E-state index contributed by atoms with van der Waals surface area (Å²) in [6, 6.07) is 24.2. The van der Waals surface area contributed by atoms with Crippen molar-refractivity contribution < 1.29 is 29.0 Å². The Bertz CT molecular complexity index is 1780. The van der Waals surface area contributed by atoms with Crippen molar-refractivity contribution in [1.29, 1.82) is 0 Å². The molecule has 3 aromatic rings. The Morgan fingerprint density at radius 3 is 2.44 bits per heavy atom. The molecule has 0 radical (unpaired) electrons. The van der Waals surface area contributed by atoms with Gasteiger partial charge in [-0.2, -0.15) is 0 Å². The SMILES string of the molecule is CC(=O)Oc1ccc2c3c1O[C@H]1[C@@H](N(CCCCc4ccccc4)C(=O)CCCCC(=O)c4ccccc4)CC[C@H]4[C@@H](C2)N(CC2CC2O)CC[C@@]341. The van der Waals surface area contributed by atoms with E-state index in [-0.39, 0.29) is 41.3 Å². The van der Waals surface area contributed by atoms with Crippen molar-refractivity contribution >= 4 is 17.7 Å². The number of nitrogens with zero attached hydrogens (tertiary/aromatic N) is 2. The van der Waals surface area contributed by atoms with Crippen LogP contribution in [0.2, 0.25) is 0 Å². The van der Waals surface area contributed by atoms with Crippen LogP contribution in [-0.2, 0) is 27.8 Å². The number of benzene rings is 3. The first-order valence-corrected chi connectivity index (χ1v) is 19.7. The van der Waals surface area contributed by atoms with Crippen LogP contribution in [0.5, 0.6) is 11.5 Å². The third-order valence-electron chi connectivity index (χ3n) is 12.8. The molecule has 2 unspecified atom stereocenters. The number of hydrogen-bond donors (Lipinski definition) is 1. The number of likely N-dealkylation sites (tertiary alicyclic amines) is 1. The second-order valence-electron chi connectivity index (χ2n) is 16.0. The number of aliphatic hydroxyl groups excluding tert-OH is 1. The van der Waals surface area contributed by atoms with Gasteiger partial charge in [0.05, 0.1) is 12.1 Å². The number of carbonyl (C=O) groups excluding carboxylic acids is 3. The standard InChI is InChI=1S/C44H52N2O6/c1-29(47)51-39-22-19-32-26-36-34-20-21-35(43-44(34,41(32)42(39)52-43)23-25-45(36)28-33-27-38(33)49)46(24-11-10-14-30-12-4-2-5-13-30)40(50)18-9-8-17-37(48)31-15-6-3-7-16-31/h2-7,12-13,15-16,19,22,33-36,38,43,49H,8-11,14,17-18,20-21,23-28H2,1H3/t33?,34-,35-,36+,38?,43-,44-/m0/s1. The first kappa shape index (κ1) is 35.0. The minimum atomic E-state index is -0.368. The summed E-state index contributed by atoms with van der Waals surface area (Å²) in [7, 11) is 0. The summed E-state index contributed by atoms with van der Waals surface area (Å²) < 4.78 is 12.9. The number of carbonyl (C=O) groups is 3. The predicted molar refractivity (Wildman–Crippen MR) is 198 cm³/mol. The van der Waals surface area contributed by atoms with Gasteiger partial charge in [-0.1, -0.05) is 66.7 Å². The summed E-state index contributed by atoms with van der Waals surface area (Å²) >= 11 is 0. The Balaban J connectivity index is 1.05. The van der Waals surface area contributed by atoms with Gasteiger partial charge >= 0.3 is 5.97 Å². The van der Waals surface area contributed by atoms with Crippen LogP contribution in [0.15, 0.2) is 72.8 Å². The van der Waals surface area contributed by atoms with E-state index in [1.54, 1.807) is 0 Å². The summed E-state index contributed by atoms with van der Waals surface area (Å²) in [4.78, 5) is 44.3. The topological polar surface area (TPSA) is 96.4 Å². The van der Waals surface area contributed by atoms with Crippen LogP contribution in [0.3, 0.4) is 0 Å². The van der Waals surface area contributed by atoms with Crippen molar-refractivity contribution in [3.05, 3.63) is 95.1 Å². The molecule has 2 heterocycles. The number of unbranched alkanes of at least 4 members (excludes halogenated alkanes) is 2. The van der Waals surface area contributed by atoms with Crippen LogP contribution in [0, 0.1) is 11.8 Å². The lowest BCUT2D eigenvalue weighted by Crippen LogP contribution is -2.69. The normalized spacial score (nSPS) is 28.0. The van der Waals surface area contributed by atoms with E-state index in [2.05, 4.69) is 40.1 Å². The molecule has 274 valence electrons. The number of esters is 1. The molecule has 2 saturated carbocycles. The highest BCUT2D eigenvalue weighted by atomic mass is 16.6. The number of Topliss-reactive ketones (excluding diaryl/α,β-unsaturated/α-hetero) is 1. The molecule has 8 rings (SSSR count). The lowest BCUT2D eigenvalue weighted by Gasteiger charge is -2.60. The van der Waals surface area contributed by atoms with Crippen LogP contribution in [-0.4, -0.2) is 76.5 Å². The zero-order chi connectivity index (χ0) is 35.8. The average Bonchev–Trinajstić information content (AvgIpc) is 3.74. The molecule has 1 spiro atoms. The number of ether oxygens (including phenoxy) is 2. The minimum absolute atomic E-state index is 0.104. The van der Waals surface area contributed by atoms with E-state index in [0.717, 1.165) is 70.0 Å². The monoisotopic (exact) mass is 704 g/mol. The minimum Gasteiger partial charge on any atom is -0.483 e. The molecule has 5 aliphatic rings. The number of amides is 1. The first-order chi connectivity index (χ1) is 25.3. The average molecular weight is 705 g/mol. The molecular weight excluding hydrogens is 652 g/mol. The van der Waals surface area contributed by atoms with Gasteiger partial charge in [0.15, 0.2) is 17.3 Å². The molecule has 7 atom stereocenters. The number of rotatable bonds is 15. The molecular formula is C44H52N2O6. The van der Waals surface area contributed by atoms with Gasteiger partial charge in [0.25, 0.3) is 0 Å². The van der Waals surface area contributed by atoms with Crippen LogP contribution >= 0.6 is 0 Å². The summed E-state index contributed by atoms with van der Waals surface area (Å²) in [5.41, 5.74) is 4.24. The molecule has 3 aromatic carbocycles. The van der Waals surface area contributed by atoms with Gasteiger partial charge in [0.2, 0.25) is 5.91 Å². The number of aliphatic hydroxyl groups is 1. The highest BCUT2D eigenvalue weighted by molar-refractivity contribution is 5.96. The Labute approximate surface area is 307 Å². The van der Waals surface area contributed by atoms with E-state index >= 15 is 0 Å². The van der Waals surface area contributed by atoms with Gasteiger partial charge in [-0.25, -0.2) is 0 Å². The number of ketones is 1. The van der Waals surface area contributed by atoms with Gasteiger partial charge in [0, 0.05) is 61.4 Å². The first-order valence-electron chi connectivity index (χ1n) is 19.7. The van der Waals surface area contributed by atoms with Gasteiger partial charge < -0.3 is 19.5 Å². The molecule has 1 N–H and O–H groups in total. The van der Waals surface area contributed by atoms with E-state index in [9.17, 15) is 19.5 Å². The van der Waals surface area contributed by atoms with Crippen LogP contribution in [0.1, 0.15) is 98.2 Å². The van der Waals surface area contributed by atoms with E-state index in [4.69, 9.17) is 9.47 Å². The summed E-state index contributed by atoms with van der Waals surface area (Å²) in [5.74, 6) is 1.80. The smallest absolute Gasteiger partial charge is 0.308 e. The third kappa shape index (κ3) is 6.69. The Morgan fingerprint density at radius 2 is 1.69 bits per heavy atom. The molecule has 3 fully saturated rings. The van der Waals surface area contributed by atoms with Gasteiger partial charge in [-0.15, -0.1) is 0 Å². The van der Waals surface area contributed by atoms with Crippen molar-refractivity contribution in [1.82, 2.24) is 9.80 Å². The maximum atomic E-state index is 14.4. The van der Waals surface area contributed by atoms with Gasteiger partial charge in [0.1, 0.15) is 6.10 Å². The largest absolute Gasteiger partial charge is 0.483 e. The molecule has 8 nitrogen and oxygen atoms in total. The zero-order valence-corrected chi connectivity index (χ0v) is 30.4. The Hall–Kier alpha value is -4.01. The van der Waals surface area contributed by atoms with Crippen molar-refractivity contribution in [2.24, 2.45) is 11.8 Å². The van der Waals surface area contributed by atoms with Crippen molar-refractivity contribution in [2.75, 3.05) is 19.6 Å². The number of aryl methyl sites for hydroxylation is 1. The highest BCUT2D eigenvalue weighted by Gasteiger charge is 2.67. The van der Waals surface area contributed by atoms with Gasteiger partial charge in [-0.3, -0.25) is 19.3 Å². The van der Waals surface area contributed by atoms with Crippen molar-refractivity contribution in [3.63, 3.8) is 0 Å². The van der Waals surface area contributed by atoms with Crippen molar-refractivity contribution in [2.45, 2.75) is 114 Å². The molecule has 2 aliphatic heterocycles. The predicted octanol–water partition coefficient (Wildman–Crippen LogP) is 6.70. The third-order valence-corrected chi connectivity index (χ3v) is 12.8. The van der Waals surface area contributed by atoms with E-state index in [0.29, 0.717) is 61.6 Å². The molecule has 2 bridgehead atoms. The van der Waals surface area contributed by atoms with E-state index in [1.807, 2.05) is 42.5 Å². The van der Waals surface area contributed by atoms with Crippen molar-refractivity contribution in [3.8, 4) is 11.5 Å². The Morgan fingerprint density at radius 1 is 0.942 bits per heavy atom. The maximum Gasteiger partial charge on any atom is 0.308 e. The maximum absolute atomic E-state index is 14.4. The van der Waals surface area contributed by atoms with Gasteiger partial charge in [-0.05, 0) is 93.9 Å². The second-order valence-corrected chi connectivity index (χ2v) is 16.0. The fourth-order valence-electron chi connectivity index (χ4n) is 10.3.